The monoisotopic (exact) mass is 259 g/mol. The van der Waals surface area contributed by atoms with Crippen molar-refractivity contribution in [2.45, 2.75) is 51.9 Å². The fourth-order valence-corrected chi connectivity index (χ4v) is 2.26. The van der Waals surface area contributed by atoms with Gasteiger partial charge in [0.25, 0.3) is 0 Å². The topological polar surface area (TPSA) is 47.7 Å². The Hall–Kier alpha value is -1.62. The van der Waals surface area contributed by atoms with Gasteiger partial charge in [-0.15, -0.1) is 0 Å². The molecule has 2 aromatic heterocycles. The molecule has 102 valence electrons. The van der Waals surface area contributed by atoms with Crippen LogP contribution < -0.4 is 5.32 Å². The molecular formula is C14H21N5. The van der Waals surface area contributed by atoms with Gasteiger partial charge in [0.15, 0.2) is 0 Å². The minimum Gasteiger partial charge on any atom is -0.343 e. The Morgan fingerprint density at radius 3 is 3.11 bits per heavy atom. The van der Waals surface area contributed by atoms with E-state index in [1.54, 1.807) is 6.33 Å². The van der Waals surface area contributed by atoms with Crippen LogP contribution in [-0.2, 0) is 19.6 Å². The zero-order valence-corrected chi connectivity index (χ0v) is 11.4. The predicted molar refractivity (Wildman–Crippen MR) is 73.7 cm³/mol. The summed E-state index contributed by atoms with van der Waals surface area (Å²) in [4.78, 5) is 4.37. The highest BCUT2D eigenvalue weighted by molar-refractivity contribution is 5.09. The van der Waals surface area contributed by atoms with Gasteiger partial charge in [-0.2, -0.15) is 5.10 Å². The minimum atomic E-state index is 0.743. The molecule has 0 atom stereocenters. The van der Waals surface area contributed by atoms with Gasteiger partial charge in [0.05, 0.1) is 6.54 Å². The van der Waals surface area contributed by atoms with Crippen LogP contribution in [0.25, 0.3) is 0 Å². The van der Waals surface area contributed by atoms with E-state index in [4.69, 9.17) is 0 Å². The van der Waals surface area contributed by atoms with Crippen molar-refractivity contribution in [1.29, 1.82) is 0 Å². The molecule has 1 N–H and O–H groups in total. The lowest BCUT2D eigenvalue weighted by atomic mass is 10.4. The third kappa shape index (κ3) is 3.04. The van der Waals surface area contributed by atoms with E-state index in [9.17, 15) is 0 Å². The first kappa shape index (κ1) is 12.4. The number of rotatable bonds is 7. The number of nitrogens with zero attached hydrogens (tertiary/aromatic N) is 4. The van der Waals surface area contributed by atoms with Crippen molar-refractivity contribution in [2.24, 2.45) is 0 Å². The maximum absolute atomic E-state index is 4.37. The van der Waals surface area contributed by atoms with Crippen molar-refractivity contribution in [3.8, 4) is 0 Å². The van der Waals surface area contributed by atoms with Crippen LogP contribution in [0, 0.1) is 0 Å². The summed E-state index contributed by atoms with van der Waals surface area (Å²) < 4.78 is 4.25. The zero-order chi connectivity index (χ0) is 13.1. The highest BCUT2D eigenvalue weighted by Gasteiger charge is 2.20. The van der Waals surface area contributed by atoms with Gasteiger partial charge in [-0.25, -0.2) is 9.67 Å². The molecule has 1 fully saturated rings. The summed E-state index contributed by atoms with van der Waals surface area (Å²) >= 11 is 0. The fraction of sp³-hybridized carbons (Fsp3) is 0.571. The summed E-state index contributed by atoms with van der Waals surface area (Å²) in [5.41, 5.74) is 1.32. The van der Waals surface area contributed by atoms with Crippen LogP contribution in [-0.4, -0.2) is 25.4 Å². The molecule has 1 aliphatic carbocycles. The second-order valence-corrected chi connectivity index (χ2v) is 5.18. The molecule has 5 heteroatoms. The van der Waals surface area contributed by atoms with E-state index >= 15 is 0 Å². The molecule has 0 saturated heterocycles. The van der Waals surface area contributed by atoms with Gasteiger partial charge in [0, 0.05) is 31.0 Å². The molecule has 2 aromatic rings. The van der Waals surface area contributed by atoms with E-state index < -0.39 is 0 Å². The van der Waals surface area contributed by atoms with Crippen LogP contribution in [0.15, 0.2) is 24.7 Å². The van der Waals surface area contributed by atoms with E-state index in [1.165, 1.54) is 18.5 Å². The maximum atomic E-state index is 4.37. The fourth-order valence-electron chi connectivity index (χ4n) is 2.26. The van der Waals surface area contributed by atoms with Crippen molar-refractivity contribution >= 4 is 0 Å². The highest BCUT2D eigenvalue weighted by atomic mass is 15.3. The van der Waals surface area contributed by atoms with Gasteiger partial charge < -0.3 is 9.88 Å². The number of nitrogens with one attached hydrogen (secondary N) is 1. The summed E-state index contributed by atoms with van der Waals surface area (Å²) in [6, 6.07) is 5.02. The van der Waals surface area contributed by atoms with Crippen LogP contribution in [0.3, 0.4) is 0 Å². The molecule has 3 rings (SSSR count). The van der Waals surface area contributed by atoms with Gasteiger partial charge in [-0.1, -0.05) is 6.92 Å². The van der Waals surface area contributed by atoms with Gasteiger partial charge in [-0.3, -0.25) is 0 Å². The van der Waals surface area contributed by atoms with Crippen LogP contribution in [0.4, 0.5) is 0 Å². The standard InChI is InChI=1S/C14H21N5/c1-2-7-19-14(16-11-17-19)10-18-8-3-4-13(18)9-15-12-5-6-12/h3-4,8,11-12,15H,2,5-7,9-10H2,1H3. The highest BCUT2D eigenvalue weighted by Crippen LogP contribution is 2.19. The molecule has 0 amide bonds. The second kappa shape index (κ2) is 5.57. The molecule has 19 heavy (non-hydrogen) atoms. The molecule has 0 aromatic carbocycles. The normalized spacial score (nSPS) is 15.0. The van der Waals surface area contributed by atoms with Gasteiger partial charge >= 0.3 is 0 Å². The molecule has 2 heterocycles. The van der Waals surface area contributed by atoms with E-state index in [2.05, 4.69) is 45.2 Å². The Morgan fingerprint density at radius 1 is 1.42 bits per heavy atom. The predicted octanol–water partition coefficient (Wildman–Crippen LogP) is 1.79. The van der Waals surface area contributed by atoms with Crippen LogP contribution in [0.2, 0.25) is 0 Å². The lowest BCUT2D eigenvalue weighted by molar-refractivity contribution is 0.545. The summed E-state index contributed by atoms with van der Waals surface area (Å²) in [5.74, 6) is 1.03. The Kier molecular flexibility index (Phi) is 3.64. The first-order chi connectivity index (χ1) is 9.36. The number of aromatic nitrogens is 4. The van der Waals surface area contributed by atoms with Gasteiger partial charge in [0.2, 0.25) is 0 Å². The van der Waals surface area contributed by atoms with E-state index in [0.717, 1.165) is 37.9 Å². The van der Waals surface area contributed by atoms with Crippen molar-refractivity contribution in [3.63, 3.8) is 0 Å². The third-order valence-electron chi connectivity index (χ3n) is 3.52. The number of aryl methyl sites for hydroxylation is 1. The van der Waals surface area contributed by atoms with Gasteiger partial charge in [-0.05, 0) is 31.4 Å². The zero-order valence-electron chi connectivity index (χ0n) is 11.4. The first-order valence-electron chi connectivity index (χ1n) is 7.11. The molecule has 0 unspecified atom stereocenters. The molecular weight excluding hydrogens is 238 g/mol. The first-order valence-corrected chi connectivity index (χ1v) is 7.11. The Balaban J connectivity index is 1.67. The van der Waals surface area contributed by atoms with Crippen molar-refractivity contribution in [2.75, 3.05) is 0 Å². The second-order valence-electron chi connectivity index (χ2n) is 5.18. The lowest BCUT2D eigenvalue weighted by Crippen LogP contribution is -2.19. The minimum absolute atomic E-state index is 0.743. The molecule has 5 nitrogen and oxygen atoms in total. The molecule has 1 saturated carbocycles. The van der Waals surface area contributed by atoms with E-state index in [-0.39, 0.29) is 0 Å². The van der Waals surface area contributed by atoms with Crippen molar-refractivity contribution in [1.82, 2.24) is 24.6 Å². The Bertz CT molecular complexity index is 523. The third-order valence-corrected chi connectivity index (χ3v) is 3.52. The molecule has 0 radical (unpaired) electrons. The van der Waals surface area contributed by atoms with Crippen LogP contribution in [0.5, 0.6) is 0 Å². The molecule has 1 aliphatic rings. The molecule has 0 aliphatic heterocycles. The van der Waals surface area contributed by atoms with Crippen LogP contribution >= 0.6 is 0 Å². The SMILES string of the molecule is CCCn1ncnc1Cn1cccc1CNC1CC1. The number of hydrogen-bond acceptors (Lipinski definition) is 3. The maximum Gasteiger partial charge on any atom is 0.146 e. The largest absolute Gasteiger partial charge is 0.343 e. The quantitative estimate of drug-likeness (QED) is 0.824. The van der Waals surface area contributed by atoms with E-state index in [0.29, 0.717) is 0 Å². The Morgan fingerprint density at radius 2 is 2.32 bits per heavy atom. The number of hydrogen-bond donors (Lipinski definition) is 1. The summed E-state index contributed by atoms with van der Waals surface area (Å²) in [6.45, 7) is 4.84. The lowest BCUT2D eigenvalue weighted by Gasteiger charge is -2.10. The van der Waals surface area contributed by atoms with E-state index in [1.807, 2.05) is 4.68 Å². The molecule has 0 spiro atoms. The van der Waals surface area contributed by atoms with Crippen LogP contribution in [0.1, 0.15) is 37.7 Å². The average molecular weight is 259 g/mol. The average Bonchev–Trinajstić information content (AvgIpc) is 2.98. The van der Waals surface area contributed by atoms with Crippen molar-refractivity contribution < 1.29 is 0 Å². The summed E-state index contributed by atoms with van der Waals surface area (Å²) in [5, 5.41) is 7.83. The molecule has 0 bridgehead atoms. The summed E-state index contributed by atoms with van der Waals surface area (Å²) in [6.07, 6.45) is 7.50. The van der Waals surface area contributed by atoms with Crippen molar-refractivity contribution in [3.05, 3.63) is 36.2 Å². The smallest absolute Gasteiger partial charge is 0.146 e. The summed E-state index contributed by atoms with van der Waals surface area (Å²) in [7, 11) is 0. The van der Waals surface area contributed by atoms with Gasteiger partial charge in [0.1, 0.15) is 12.2 Å². The Labute approximate surface area is 113 Å².